The van der Waals surface area contributed by atoms with Crippen molar-refractivity contribution < 1.29 is 13.6 Å². The quantitative estimate of drug-likeness (QED) is 0.254. The lowest BCUT2D eigenvalue weighted by atomic mass is 10.1. The molecule has 0 spiro atoms. The molecule has 2 amide bonds. The minimum atomic E-state index is -0.742. The summed E-state index contributed by atoms with van der Waals surface area (Å²) in [5, 5.41) is 4.86. The predicted octanol–water partition coefficient (Wildman–Crippen LogP) is 4.40. The van der Waals surface area contributed by atoms with Gasteiger partial charge in [0.1, 0.15) is 11.6 Å². The SMILES string of the molecule is Cl.Cl.Nc1ncc(-c2ccc(F)c(NC(=O)Nc3ccc(-c4cnc(N)[nH]4)c(F)c3)c2)[nH]1. The molecule has 0 aliphatic rings. The fourth-order valence-electron chi connectivity index (χ4n) is 2.84. The molecule has 4 rings (SSSR count). The maximum Gasteiger partial charge on any atom is 0.323 e. The lowest BCUT2D eigenvalue weighted by molar-refractivity contribution is 0.262. The molecule has 8 N–H and O–H groups in total. The smallest absolute Gasteiger partial charge is 0.323 e. The Labute approximate surface area is 192 Å². The highest BCUT2D eigenvalue weighted by Crippen LogP contribution is 2.26. The zero-order chi connectivity index (χ0) is 21.3. The number of benzene rings is 2. The van der Waals surface area contributed by atoms with Crippen LogP contribution in [0.3, 0.4) is 0 Å². The van der Waals surface area contributed by atoms with Crippen molar-refractivity contribution in [2.75, 3.05) is 22.1 Å². The number of nitrogen functional groups attached to an aromatic ring is 2. The van der Waals surface area contributed by atoms with Crippen LogP contribution in [-0.4, -0.2) is 26.0 Å². The molecule has 0 fully saturated rings. The third-order valence-electron chi connectivity index (χ3n) is 4.23. The molecule has 0 radical (unpaired) electrons. The van der Waals surface area contributed by atoms with Gasteiger partial charge in [-0.05, 0) is 36.4 Å². The van der Waals surface area contributed by atoms with Crippen molar-refractivity contribution in [3.8, 4) is 22.5 Å². The highest BCUT2D eigenvalue weighted by molar-refractivity contribution is 6.00. The lowest BCUT2D eigenvalue weighted by Crippen LogP contribution is -2.20. The summed E-state index contributed by atoms with van der Waals surface area (Å²) >= 11 is 0. The number of nitrogens with zero attached hydrogens (tertiary/aromatic N) is 2. The molecule has 0 saturated heterocycles. The first-order valence-electron chi connectivity index (χ1n) is 8.68. The highest BCUT2D eigenvalue weighted by Gasteiger charge is 2.13. The molecule has 2 aromatic carbocycles. The number of aromatic nitrogens is 4. The van der Waals surface area contributed by atoms with Gasteiger partial charge < -0.3 is 32.1 Å². The average molecular weight is 483 g/mol. The van der Waals surface area contributed by atoms with Crippen LogP contribution in [0.2, 0.25) is 0 Å². The van der Waals surface area contributed by atoms with Gasteiger partial charge in [0.25, 0.3) is 0 Å². The topological polar surface area (TPSA) is 151 Å². The van der Waals surface area contributed by atoms with Gasteiger partial charge in [0.05, 0.1) is 29.5 Å². The number of hydrogen-bond donors (Lipinski definition) is 6. The second-order valence-corrected chi connectivity index (χ2v) is 6.33. The summed E-state index contributed by atoms with van der Waals surface area (Å²) in [4.78, 5) is 25.5. The average Bonchev–Trinajstić information content (AvgIpc) is 3.32. The van der Waals surface area contributed by atoms with Gasteiger partial charge in [-0.2, -0.15) is 0 Å². The van der Waals surface area contributed by atoms with Crippen LogP contribution in [0, 0.1) is 11.6 Å². The minimum absolute atomic E-state index is 0. The van der Waals surface area contributed by atoms with Gasteiger partial charge in [-0.15, -0.1) is 24.8 Å². The normalized spacial score (nSPS) is 10.1. The van der Waals surface area contributed by atoms with Gasteiger partial charge in [0.15, 0.2) is 11.9 Å². The van der Waals surface area contributed by atoms with Crippen molar-refractivity contribution in [1.82, 2.24) is 19.9 Å². The number of amides is 2. The number of urea groups is 1. The van der Waals surface area contributed by atoms with E-state index in [1.807, 2.05) is 0 Å². The number of hydrogen-bond acceptors (Lipinski definition) is 5. The Hall–Kier alpha value is -3.83. The van der Waals surface area contributed by atoms with Crippen LogP contribution in [-0.2, 0) is 0 Å². The Morgan fingerprint density at radius 2 is 1.50 bits per heavy atom. The molecule has 0 atom stereocenters. The molecule has 0 unspecified atom stereocenters. The van der Waals surface area contributed by atoms with Gasteiger partial charge in [0.2, 0.25) is 0 Å². The fourth-order valence-corrected chi connectivity index (χ4v) is 2.84. The van der Waals surface area contributed by atoms with Crippen LogP contribution in [0.25, 0.3) is 22.5 Å². The maximum absolute atomic E-state index is 14.4. The zero-order valence-electron chi connectivity index (χ0n) is 16.1. The van der Waals surface area contributed by atoms with Crippen LogP contribution < -0.4 is 22.1 Å². The van der Waals surface area contributed by atoms with Gasteiger partial charge in [-0.25, -0.2) is 23.5 Å². The van der Waals surface area contributed by atoms with E-state index in [1.54, 1.807) is 0 Å². The summed E-state index contributed by atoms with van der Waals surface area (Å²) in [6, 6.07) is 7.49. The second kappa shape index (κ2) is 9.98. The number of aromatic amines is 2. The summed E-state index contributed by atoms with van der Waals surface area (Å²) in [5.74, 6) is -0.862. The number of carbonyl (C=O) groups is 1. The van der Waals surface area contributed by atoms with Gasteiger partial charge in [-0.1, -0.05) is 0 Å². The van der Waals surface area contributed by atoms with Crippen molar-refractivity contribution in [1.29, 1.82) is 0 Å². The number of carbonyl (C=O) groups excluding carboxylic acids is 1. The van der Waals surface area contributed by atoms with Crippen LogP contribution in [0.4, 0.5) is 36.8 Å². The van der Waals surface area contributed by atoms with Gasteiger partial charge >= 0.3 is 6.03 Å². The maximum atomic E-state index is 14.4. The van der Waals surface area contributed by atoms with Crippen LogP contribution in [0.15, 0.2) is 48.8 Å². The summed E-state index contributed by atoms with van der Waals surface area (Å²) < 4.78 is 28.5. The van der Waals surface area contributed by atoms with Gasteiger partial charge in [0, 0.05) is 16.8 Å². The Bertz CT molecular complexity index is 1240. The lowest BCUT2D eigenvalue weighted by Gasteiger charge is -2.10. The van der Waals surface area contributed by atoms with Crippen LogP contribution in [0.5, 0.6) is 0 Å². The van der Waals surface area contributed by atoms with Crippen LogP contribution in [0.1, 0.15) is 0 Å². The molecule has 0 bridgehead atoms. The van der Waals surface area contributed by atoms with Crippen molar-refractivity contribution in [3.63, 3.8) is 0 Å². The van der Waals surface area contributed by atoms with E-state index >= 15 is 0 Å². The number of anilines is 4. The highest BCUT2D eigenvalue weighted by atomic mass is 35.5. The minimum Gasteiger partial charge on any atom is -0.369 e. The summed E-state index contributed by atoms with van der Waals surface area (Å²) in [5.41, 5.74) is 12.9. The van der Waals surface area contributed by atoms with Crippen LogP contribution >= 0.6 is 24.8 Å². The van der Waals surface area contributed by atoms with E-state index < -0.39 is 17.7 Å². The van der Waals surface area contributed by atoms with E-state index in [-0.39, 0.29) is 53.6 Å². The molecule has 168 valence electrons. The molecule has 2 aromatic heterocycles. The third kappa shape index (κ3) is 5.25. The van der Waals surface area contributed by atoms with E-state index in [9.17, 15) is 13.6 Å². The van der Waals surface area contributed by atoms with Crippen molar-refractivity contribution >= 4 is 54.1 Å². The van der Waals surface area contributed by atoms with E-state index in [4.69, 9.17) is 11.5 Å². The standard InChI is InChI=1S/C19H16F2N8O.2ClH/c20-12-4-1-9(15-7-24-17(22)27-15)5-14(12)29-19(30)26-10-2-3-11(13(21)6-10)16-8-25-18(23)28-16;;/h1-8H,(H3,22,24,27)(H3,23,25,28)(H2,26,29,30);2*1H. The molecule has 2 heterocycles. The zero-order valence-corrected chi connectivity index (χ0v) is 17.8. The molecule has 9 nitrogen and oxygen atoms in total. The fraction of sp³-hybridized carbons (Fsp3) is 0. The second-order valence-electron chi connectivity index (χ2n) is 6.33. The van der Waals surface area contributed by atoms with Crippen molar-refractivity contribution in [3.05, 3.63) is 60.4 Å². The molecule has 0 aliphatic heterocycles. The molecular formula is C19H18Cl2F2N8O. The number of halogens is 4. The van der Waals surface area contributed by atoms with Gasteiger partial charge in [-0.3, -0.25) is 0 Å². The van der Waals surface area contributed by atoms with Crippen molar-refractivity contribution in [2.24, 2.45) is 0 Å². The first-order chi connectivity index (χ1) is 14.4. The van der Waals surface area contributed by atoms with E-state index in [2.05, 4.69) is 30.6 Å². The predicted molar refractivity (Wildman–Crippen MR) is 124 cm³/mol. The van der Waals surface area contributed by atoms with E-state index in [1.165, 1.54) is 42.7 Å². The Kier molecular flexibility index (Phi) is 7.63. The number of H-pyrrole nitrogens is 2. The molecule has 4 aromatic rings. The number of imidazole rings is 2. The molecule has 0 aliphatic carbocycles. The molecule has 13 heteroatoms. The number of rotatable bonds is 4. The van der Waals surface area contributed by atoms with Crippen molar-refractivity contribution in [2.45, 2.75) is 0 Å². The molecular weight excluding hydrogens is 465 g/mol. The monoisotopic (exact) mass is 482 g/mol. The van der Waals surface area contributed by atoms with E-state index in [0.29, 0.717) is 17.0 Å². The van der Waals surface area contributed by atoms with E-state index in [0.717, 1.165) is 6.07 Å². The summed E-state index contributed by atoms with van der Waals surface area (Å²) in [6.07, 6.45) is 2.89. The Morgan fingerprint density at radius 3 is 2.09 bits per heavy atom. The number of nitrogens with two attached hydrogens (primary N) is 2. The molecule has 0 saturated carbocycles. The Balaban J connectivity index is 0.00000181. The number of nitrogens with one attached hydrogen (secondary N) is 4. The summed E-state index contributed by atoms with van der Waals surface area (Å²) in [6.45, 7) is 0. The first kappa shape index (κ1) is 24.4. The first-order valence-corrected chi connectivity index (χ1v) is 8.68. The Morgan fingerprint density at radius 1 is 0.844 bits per heavy atom. The summed E-state index contributed by atoms with van der Waals surface area (Å²) in [7, 11) is 0. The largest absolute Gasteiger partial charge is 0.369 e. The third-order valence-corrected chi connectivity index (χ3v) is 4.23. The molecule has 32 heavy (non-hydrogen) atoms.